The summed E-state index contributed by atoms with van der Waals surface area (Å²) < 4.78 is 23.3. The Morgan fingerprint density at radius 3 is 2.63 bits per heavy atom. The predicted molar refractivity (Wildman–Crippen MR) is 99.3 cm³/mol. The summed E-state index contributed by atoms with van der Waals surface area (Å²) in [6.07, 6.45) is 3.18. The summed E-state index contributed by atoms with van der Waals surface area (Å²) in [6.45, 7) is 0.155. The monoisotopic (exact) mass is 360 g/mol. The third kappa shape index (κ3) is 2.32. The Kier molecular flexibility index (Phi) is 3.45. The van der Waals surface area contributed by atoms with Gasteiger partial charge in [0.1, 0.15) is 17.2 Å². The Morgan fingerprint density at radius 2 is 1.78 bits per heavy atom. The molecule has 1 aliphatic heterocycles. The van der Waals surface area contributed by atoms with Crippen molar-refractivity contribution in [1.29, 1.82) is 0 Å². The second-order valence-corrected chi connectivity index (χ2v) is 6.41. The van der Waals surface area contributed by atoms with Crippen molar-refractivity contribution >= 4 is 16.6 Å². The van der Waals surface area contributed by atoms with Gasteiger partial charge in [-0.25, -0.2) is 0 Å². The predicted octanol–water partition coefficient (Wildman–Crippen LogP) is 4.20. The average molecular weight is 360 g/mol. The molecule has 0 aromatic heterocycles. The molecular weight excluding hydrogens is 344 g/mol. The van der Waals surface area contributed by atoms with Crippen molar-refractivity contribution < 1.29 is 23.7 Å². The lowest BCUT2D eigenvalue weighted by molar-refractivity contribution is -0.0839. The molecule has 0 saturated heterocycles. The summed E-state index contributed by atoms with van der Waals surface area (Å²) in [5.41, 5.74) is 1.27. The van der Waals surface area contributed by atoms with Gasteiger partial charge in [0, 0.05) is 24.1 Å². The zero-order valence-electron chi connectivity index (χ0n) is 14.6. The Morgan fingerprint density at radius 1 is 0.963 bits per heavy atom. The number of ketones is 1. The van der Waals surface area contributed by atoms with Crippen molar-refractivity contribution in [3.05, 3.63) is 77.9 Å². The van der Waals surface area contributed by atoms with E-state index in [0.29, 0.717) is 28.4 Å². The van der Waals surface area contributed by atoms with Gasteiger partial charge >= 0.3 is 0 Å². The highest BCUT2D eigenvalue weighted by Crippen LogP contribution is 2.49. The number of ether oxygens (including phenoxy) is 4. The van der Waals surface area contributed by atoms with Crippen LogP contribution < -0.4 is 14.2 Å². The maximum absolute atomic E-state index is 12.3. The second kappa shape index (κ2) is 5.86. The molecule has 5 rings (SSSR count). The lowest BCUT2D eigenvalue weighted by Gasteiger charge is -2.39. The number of rotatable bonds is 3. The van der Waals surface area contributed by atoms with Crippen molar-refractivity contribution in [3.63, 3.8) is 0 Å². The topological polar surface area (TPSA) is 54.0 Å². The molecule has 3 aromatic carbocycles. The lowest BCUT2D eigenvalue weighted by Crippen LogP contribution is -2.42. The van der Waals surface area contributed by atoms with Gasteiger partial charge < -0.3 is 18.9 Å². The van der Waals surface area contributed by atoms with Crippen LogP contribution in [0.2, 0.25) is 0 Å². The summed E-state index contributed by atoms with van der Waals surface area (Å²) >= 11 is 0. The number of carbonyl (C=O) groups is 1. The summed E-state index contributed by atoms with van der Waals surface area (Å²) in [6, 6.07) is 16.8. The van der Waals surface area contributed by atoms with Gasteiger partial charge in [-0.15, -0.1) is 0 Å². The second-order valence-electron chi connectivity index (χ2n) is 6.41. The van der Waals surface area contributed by atoms with E-state index in [0.717, 1.165) is 10.8 Å². The third-order valence-electron chi connectivity index (χ3n) is 4.80. The summed E-state index contributed by atoms with van der Waals surface area (Å²) in [7, 11) is 1.58. The van der Waals surface area contributed by atoms with E-state index in [1.807, 2.05) is 48.5 Å². The van der Waals surface area contributed by atoms with Crippen molar-refractivity contribution in [3.8, 4) is 17.2 Å². The molecule has 2 aliphatic rings. The van der Waals surface area contributed by atoms with Crippen LogP contribution in [0.15, 0.2) is 66.7 Å². The number of hydrogen-bond donors (Lipinski definition) is 0. The van der Waals surface area contributed by atoms with Crippen molar-refractivity contribution in [2.45, 2.75) is 5.79 Å². The molecule has 3 aromatic rings. The molecule has 134 valence electrons. The Bertz CT molecular complexity index is 1090. The van der Waals surface area contributed by atoms with E-state index < -0.39 is 5.79 Å². The number of allylic oxidation sites excluding steroid dienone is 1. The molecule has 1 unspecified atom stereocenters. The van der Waals surface area contributed by atoms with Crippen molar-refractivity contribution in [2.24, 2.45) is 0 Å². The fourth-order valence-corrected chi connectivity index (χ4v) is 3.63. The van der Waals surface area contributed by atoms with Crippen LogP contribution in [0.4, 0.5) is 0 Å². The molecule has 1 spiro atoms. The minimum atomic E-state index is -1.17. The molecule has 5 heteroatoms. The largest absolute Gasteiger partial charge is 0.467 e. The molecule has 1 atom stereocenters. The quantitative estimate of drug-likeness (QED) is 0.655. The molecule has 0 saturated carbocycles. The number of methoxy groups -OCH3 is 1. The van der Waals surface area contributed by atoms with E-state index in [1.165, 1.54) is 6.08 Å². The number of carbonyl (C=O) groups excluding carboxylic acids is 1. The van der Waals surface area contributed by atoms with Gasteiger partial charge in [-0.05, 0) is 24.3 Å². The van der Waals surface area contributed by atoms with Gasteiger partial charge in [0.2, 0.25) is 0 Å². The molecule has 1 aliphatic carbocycles. The minimum Gasteiger partial charge on any atom is -0.467 e. The van der Waals surface area contributed by atoms with Crippen molar-refractivity contribution in [1.82, 2.24) is 0 Å². The van der Waals surface area contributed by atoms with Crippen LogP contribution in [-0.4, -0.2) is 19.7 Å². The van der Waals surface area contributed by atoms with Crippen LogP contribution in [0, 0.1) is 0 Å². The van der Waals surface area contributed by atoms with Gasteiger partial charge in [-0.1, -0.05) is 36.4 Å². The molecule has 0 bridgehead atoms. The summed E-state index contributed by atoms with van der Waals surface area (Å²) in [4.78, 5) is 12.3. The first-order chi connectivity index (χ1) is 13.2. The normalized spacial score (nSPS) is 19.5. The molecule has 27 heavy (non-hydrogen) atoms. The summed E-state index contributed by atoms with van der Waals surface area (Å²) in [5.74, 6) is 0.808. The van der Waals surface area contributed by atoms with E-state index in [4.69, 9.17) is 18.9 Å². The molecule has 0 radical (unpaired) electrons. The molecule has 1 heterocycles. The SMILES string of the molecule is COCOc1ccc2c3c(cccc13)OC1(C=CC(=O)c3ccccc31)O2. The fourth-order valence-electron chi connectivity index (χ4n) is 3.63. The van der Waals surface area contributed by atoms with Crippen LogP contribution >= 0.6 is 0 Å². The van der Waals surface area contributed by atoms with Gasteiger partial charge in [0.25, 0.3) is 5.79 Å². The molecule has 0 amide bonds. The smallest absolute Gasteiger partial charge is 0.299 e. The van der Waals surface area contributed by atoms with Crippen molar-refractivity contribution in [2.75, 3.05) is 13.9 Å². The van der Waals surface area contributed by atoms with E-state index in [2.05, 4.69) is 0 Å². The first-order valence-corrected chi connectivity index (χ1v) is 8.60. The minimum absolute atomic E-state index is 0.0595. The Balaban J connectivity index is 1.68. The maximum atomic E-state index is 12.3. The van der Waals surface area contributed by atoms with Crippen LogP contribution in [-0.2, 0) is 10.5 Å². The Labute approximate surface area is 155 Å². The van der Waals surface area contributed by atoms with E-state index in [-0.39, 0.29) is 12.6 Å². The van der Waals surface area contributed by atoms with E-state index in [1.54, 1.807) is 19.3 Å². The van der Waals surface area contributed by atoms with E-state index in [9.17, 15) is 4.79 Å². The molecule has 0 N–H and O–H groups in total. The molecule has 5 nitrogen and oxygen atoms in total. The van der Waals surface area contributed by atoms with Gasteiger partial charge in [0.15, 0.2) is 12.6 Å². The van der Waals surface area contributed by atoms with Crippen LogP contribution in [0.1, 0.15) is 15.9 Å². The first-order valence-electron chi connectivity index (χ1n) is 8.60. The summed E-state index contributed by atoms with van der Waals surface area (Å²) in [5, 5.41) is 1.71. The van der Waals surface area contributed by atoms with Crippen LogP contribution in [0.3, 0.4) is 0 Å². The third-order valence-corrected chi connectivity index (χ3v) is 4.80. The molecule has 0 fully saturated rings. The number of benzene rings is 3. The highest BCUT2D eigenvalue weighted by Gasteiger charge is 2.44. The number of hydrogen-bond acceptors (Lipinski definition) is 5. The first kappa shape index (κ1) is 15.9. The van der Waals surface area contributed by atoms with Gasteiger partial charge in [0.05, 0.1) is 10.9 Å². The van der Waals surface area contributed by atoms with Gasteiger partial charge in [-0.3, -0.25) is 4.79 Å². The van der Waals surface area contributed by atoms with Crippen LogP contribution in [0.5, 0.6) is 17.2 Å². The van der Waals surface area contributed by atoms with Crippen LogP contribution in [0.25, 0.3) is 10.8 Å². The highest BCUT2D eigenvalue weighted by atomic mass is 16.7. The Hall–Kier alpha value is -3.31. The molecular formula is C22H16O5. The number of fused-ring (bicyclic) bond motifs is 2. The fraction of sp³-hybridized carbons (Fsp3) is 0.136. The zero-order valence-corrected chi connectivity index (χ0v) is 14.6. The zero-order chi connectivity index (χ0) is 18.4. The highest BCUT2D eigenvalue weighted by molar-refractivity contribution is 6.07. The maximum Gasteiger partial charge on any atom is 0.299 e. The van der Waals surface area contributed by atoms with Gasteiger partial charge in [-0.2, -0.15) is 0 Å². The van der Waals surface area contributed by atoms with E-state index >= 15 is 0 Å². The lowest BCUT2D eigenvalue weighted by atomic mass is 9.90. The standard InChI is InChI=1S/C22H16O5/c1-24-13-25-18-9-10-20-21-15(18)6-4-8-19(21)26-22(27-20)12-11-17(23)14-5-2-3-7-16(14)22/h2-12H,13H2,1H3. The average Bonchev–Trinajstić information content (AvgIpc) is 2.71.